The third kappa shape index (κ3) is 3.75. The van der Waals surface area contributed by atoms with Gasteiger partial charge in [0.1, 0.15) is 5.75 Å². The highest BCUT2D eigenvalue weighted by Gasteiger charge is 2.10. The fourth-order valence-electron chi connectivity index (χ4n) is 2.23. The van der Waals surface area contributed by atoms with E-state index in [4.69, 9.17) is 4.74 Å². The number of carboxylic acids is 1. The van der Waals surface area contributed by atoms with Crippen molar-refractivity contribution in [1.82, 2.24) is 0 Å². The van der Waals surface area contributed by atoms with E-state index in [1.165, 1.54) is 0 Å². The van der Waals surface area contributed by atoms with E-state index >= 15 is 0 Å². The molecule has 0 spiro atoms. The Kier molecular flexibility index (Phi) is 4.82. The summed E-state index contributed by atoms with van der Waals surface area (Å²) in [6.07, 6.45) is 0.761. The zero-order chi connectivity index (χ0) is 15.2. The van der Waals surface area contributed by atoms with E-state index in [1.807, 2.05) is 37.3 Å². The summed E-state index contributed by atoms with van der Waals surface area (Å²) in [5.41, 5.74) is 3.06. The van der Waals surface area contributed by atoms with Gasteiger partial charge in [-0.3, -0.25) is 0 Å². The molecule has 21 heavy (non-hydrogen) atoms. The number of aryl methyl sites for hydroxylation is 1. The number of hydrogen-bond acceptors (Lipinski definition) is 3. The van der Waals surface area contributed by atoms with Gasteiger partial charge in [0, 0.05) is 12.2 Å². The number of para-hydroxylation sites is 1. The van der Waals surface area contributed by atoms with Crippen LogP contribution >= 0.6 is 0 Å². The number of benzene rings is 2. The number of anilines is 1. The standard InChI is InChI=1S/C17H19NO3/c1-12-7-8-14(17(19)20)15(11-12)18-10-9-13-5-3-4-6-16(13)21-2/h3-8,11,18H,9-10H2,1-2H3,(H,19,20). The van der Waals surface area contributed by atoms with Crippen molar-refractivity contribution in [2.75, 3.05) is 19.0 Å². The number of carboxylic acid groups (broad SMARTS) is 1. The molecule has 2 aromatic rings. The van der Waals surface area contributed by atoms with Crippen molar-refractivity contribution in [3.63, 3.8) is 0 Å². The highest BCUT2D eigenvalue weighted by Crippen LogP contribution is 2.20. The molecule has 2 aromatic carbocycles. The van der Waals surface area contributed by atoms with E-state index in [0.29, 0.717) is 17.8 Å². The lowest BCUT2D eigenvalue weighted by atomic mass is 10.1. The van der Waals surface area contributed by atoms with E-state index < -0.39 is 5.97 Å². The van der Waals surface area contributed by atoms with Crippen molar-refractivity contribution in [1.29, 1.82) is 0 Å². The lowest BCUT2D eigenvalue weighted by Gasteiger charge is -2.12. The van der Waals surface area contributed by atoms with Crippen LogP contribution in [0.15, 0.2) is 42.5 Å². The second kappa shape index (κ2) is 6.79. The van der Waals surface area contributed by atoms with Crippen LogP contribution in [-0.4, -0.2) is 24.7 Å². The molecule has 0 heterocycles. The molecule has 0 atom stereocenters. The molecule has 4 heteroatoms. The smallest absolute Gasteiger partial charge is 0.337 e. The van der Waals surface area contributed by atoms with Crippen molar-refractivity contribution in [2.45, 2.75) is 13.3 Å². The first-order chi connectivity index (χ1) is 10.1. The number of methoxy groups -OCH3 is 1. The van der Waals surface area contributed by atoms with Crippen LogP contribution in [0.2, 0.25) is 0 Å². The molecule has 4 nitrogen and oxygen atoms in total. The van der Waals surface area contributed by atoms with E-state index in [1.54, 1.807) is 19.2 Å². The number of rotatable bonds is 6. The van der Waals surface area contributed by atoms with Crippen LogP contribution in [0, 0.1) is 6.92 Å². The predicted molar refractivity (Wildman–Crippen MR) is 83.3 cm³/mol. The van der Waals surface area contributed by atoms with Crippen LogP contribution in [0.3, 0.4) is 0 Å². The Labute approximate surface area is 124 Å². The summed E-state index contributed by atoms with van der Waals surface area (Å²) in [5.74, 6) is -0.0724. The average Bonchev–Trinajstić information content (AvgIpc) is 2.47. The van der Waals surface area contributed by atoms with Gasteiger partial charge in [0.2, 0.25) is 0 Å². The first-order valence-electron chi connectivity index (χ1n) is 6.81. The fourth-order valence-corrected chi connectivity index (χ4v) is 2.23. The van der Waals surface area contributed by atoms with Gasteiger partial charge in [-0.25, -0.2) is 4.79 Å². The molecule has 0 aliphatic rings. The Hall–Kier alpha value is -2.49. The summed E-state index contributed by atoms with van der Waals surface area (Å²) < 4.78 is 5.31. The number of carbonyl (C=O) groups is 1. The Morgan fingerprint density at radius 2 is 2.00 bits per heavy atom. The average molecular weight is 285 g/mol. The van der Waals surface area contributed by atoms with Crippen LogP contribution in [0.1, 0.15) is 21.5 Å². The molecule has 0 aromatic heterocycles. The molecule has 2 N–H and O–H groups in total. The maximum Gasteiger partial charge on any atom is 0.337 e. The second-order valence-corrected chi connectivity index (χ2v) is 4.84. The summed E-state index contributed by atoms with van der Waals surface area (Å²) in [6.45, 7) is 2.58. The summed E-state index contributed by atoms with van der Waals surface area (Å²) in [7, 11) is 1.65. The van der Waals surface area contributed by atoms with Gasteiger partial charge < -0.3 is 15.2 Å². The Bertz CT molecular complexity index is 638. The fraction of sp³-hybridized carbons (Fsp3) is 0.235. The number of aromatic carboxylic acids is 1. The Morgan fingerprint density at radius 1 is 1.24 bits per heavy atom. The minimum absolute atomic E-state index is 0.292. The number of nitrogens with one attached hydrogen (secondary N) is 1. The van der Waals surface area contributed by atoms with Crippen molar-refractivity contribution in [2.24, 2.45) is 0 Å². The molecule has 110 valence electrons. The van der Waals surface area contributed by atoms with Gasteiger partial charge in [0.25, 0.3) is 0 Å². The van der Waals surface area contributed by atoms with E-state index in [9.17, 15) is 9.90 Å². The minimum Gasteiger partial charge on any atom is -0.496 e. The van der Waals surface area contributed by atoms with Crippen molar-refractivity contribution >= 4 is 11.7 Å². The molecule has 0 amide bonds. The monoisotopic (exact) mass is 285 g/mol. The lowest BCUT2D eigenvalue weighted by Crippen LogP contribution is -2.10. The van der Waals surface area contributed by atoms with Gasteiger partial charge >= 0.3 is 5.97 Å². The highest BCUT2D eigenvalue weighted by molar-refractivity contribution is 5.94. The van der Waals surface area contributed by atoms with Crippen LogP contribution in [0.4, 0.5) is 5.69 Å². The lowest BCUT2D eigenvalue weighted by molar-refractivity contribution is 0.0698. The third-order valence-corrected chi connectivity index (χ3v) is 3.31. The molecular formula is C17H19NO3. The van der Waals surface area contributed by atoms with Crippen LogP contribution in [0.25, 0.3) is 0 Å². The molecule has 0 aliphatic heterocycles. The third-order valence-electron chi connectivity index (χ3n) is 3.31. The first kappa shape index (κ1) is 14.9. The zero-order valence-electron chi connectivity index (χ0n) is 12.2. The van der Waals surface area contributed by atoms with E-state index in [-0.39, 0.29) is 0 Å². The zero-order valence-corrected chi connectivity index (χ0v) is 12.2. The second-order valence-electron chi connectivity index (χ2n) is 4.84. The Morgan fingerprint density at radius 3 is 2.71 bits per heavy atom. The maximum atomic E-state index is 11.2. The maximum absolute atomic E-state index is 11.2. The van der Waals surface area contributed by atoms with Gasteiger partial charge in [0.15, 0.2) is 0 Å². The molecule has 0 aliphatic carbocycles. The molecule has 0 saturated carbocycles. The topological polar surface area (TPSA) is 58.6 Å². The van der Waals surface area contributed by atoms with Gasteiger partial charge in [-0.1, -0.05) is 24.3 Å². The molecular weight excluding hydrogens is 266 g/mol. The quantitative estimate of drug-likeness (QED) is 0.854. The normalized spacial score (nSPS) is 10.2. The SMILES string of the molecule is COc1ccccc1CCNc1cc(C)ccc1C(=O)O. The van der Waals surface area contributed by atoms with Gasteiger partial charge in [-0.2, -0.15) is 0 Å². The van der Waals surface area contributed by atoms with Crippen molar-refractivity contribution < 1.29 is 14.6 Å². The van der Waals surface area contributed by atoms with Crippen molar-refractivity contribution in [3.05, 3.63) is 59.2 Å². The molecule has 0 unspecified atom stereocenters. The molecule has 0 saturated heterocycles. The largest absolute Gasteiger partial charge is 0.496 e. The number of ether oxygens (including phenoxy) is 1. The first-order valence-corrected chi connectivity index (χ1v) is 6.81. The molecule has 0 radical (unpaired) electrons. The van der Waals surface area contributed by atoms with Crippen LogP contribution in [0.5, 0.6) is 5.75 Å². The van der Waals surface area contributed by atoms with E-state index in [0.717, 1.165) is 23.3 Å². The van der Waals surface area contributed by atoms with Crippen molar-refractivity contribution in [3.8, 4) is 5.75 Å². The van der Waals surface area contributed by atoms with Crippen LogP contribution < -0.4 is 10.1 Å². The van der Waals surface area contributed by atoms with Crippen LogP contribution in [-0.2, 0) is 6.42 Å². The highest BCUT2D eigenvalue weighted by atomic mass is 16.5. The predicted octanol–water partition coefficient (Wildman–Crippen LogP) is 3.36. The summed E-state index contributed by atoms with van der Waals surface area (Å²) in [5, 5.41) is 12.4. The summed E-state index contributed by atoms with van der Waals surface area (Å²) in [4.78, 5) is 11.2. The molecule has 0 bridgehead atoms. The number of hydrogen-bond donors (Lipinski definition) is 2. The van der Waals surface area contributed by atoms with Gasteiger partial charge in [0.05, 0.1) is 12.7 Å². The minimum atomic E-state index is -0.921. The van der Waals surface area contributed by atoms with E-state index in [2.05, 4.69) is 5.32 Å². The summed E-state index contributed by atoms with van der Waals surface area (Å²) >= 11 is 0. The Balaban J connectivity index is 2.07. The van der Waals surface area contributed by atoms with Gasteiger partial charge in [-0.05, 0) is 42.7 Å². The molecule has 0 fully saturated rings. The summed E-state index contributed by atoms with van der Waals surface area (Å²) in [6, 6.07) is 13.1. The van der Waals surface area contributed by atoms with Gasteiger partial charge in [-0.15, -0.1) is 0 Å². The molecule has 2 rings (SSSR count).